The van der Waals surface area contributed by atoms with E-state index in [9.17, 15) is 26.3 Å². The number of hydrogen-bond donors (Lipinski definition) is 1. The van der Waals surface area contributed by atoms with Crippen molar-refractivity contribution in [1.82, 2.24) is 0 Å². The third-order valence-electron chi connectivity index (χ3n) is 3.50. The second-order valence-corrected chi connectivity index (χ2v) is 5.26. The van der Waals surface area contributed by atoms with Crippen molar-refractivity contribution < 1.29 is 31.0 Å². The largest absolute Gasteiger partial charge is 0.555 e. The monoisotopic (exact) mass is 361 g/mol. The summed E-state index contributed by atoms with van der Waals surface area (Å²) in [7, 11) is 0. The summed E-state index contributed by atoms with van der Waals surface area (Å²) in [5.74, 6) is -0.537. The number of halogens is 6. The molecule has 0 aliphatic carbocycles. The van der Waals surface area contributed by atoms with E-state index in [0.717, 1.165) is 18.2 Å². The summed E-state index contributed by atoms with van der Waals surface area (Å²) in [5.41, 5.74) is 3.15. The van der Waals surface area contributed by atoms with Gasteiger partial charge in [-0.25, -0.2) is 0 Å². The number of nitrogens with two attached hydrogens (primary N) is 1. The molecule has 0 aromatic heterocycles. The zero-order valence-corrected chi connectivity index (χ0v) is 12.9. The summed E-state index contributed by atoms with van der Waals surface area (Å²) in [6, 6.07) is 8.99. The Hall–Kier alpha value is -2.16. The van der Waals surface area contributed by atoms with E-state index in [1.54, 1.807) is 0 Å². The molecule has 0 atom stereocenters. The molecule has 0 radical (unpaired) electrons. The van der Waals surface area contributed by atoms with Crippen molar-refractivity contribution >= 4 is 12.4 Å². The zero-order valence-electron chi connectivity index (χ0n) is 12.9. The molecule has 0 saturated heterocycles. The van der Waals surface area contributed by atoms with Crippen LogP contribution in [0.25, 0.3) is 0 Å². The minimum atomic E-state index is -4.69. The highest BCUT2D eigenvalue weighted by Crippen LogP contribution is 2.36. The molecule has 9 heteroatoms. The van der Waals surface area contributed by atoms with Crippen LogP contribution in [-0.4, -0.2) is 13.5 Å². The summed E-state index contributed by atoms with van der Waals surface area (Å²) in [6.45, 7) is -1.31. The van der Waals surface area contributed by atoms with E-state index in [2.05, 4.69) is 0 Å². The first-order valence-electron chi connectivity index (χ1n) is 7.33. The average molecular weight is 361 g/mol. The highest BCUT2D eigenvalue weighted by molar-refractivity contribution is 6.68. The highest BCUT2D eigenvalue weighted by atomic mass is 19.4. The fourth-order valence-electron chi connectivity index (χ4n) is 2.42. The minimum Gasteiger partial charge on any atom is -0.555 e. The molecule has 25 heavy (non-hydrogen) atoms. The van der Waals surface area contributed by atoms with Gasteiger partial charge in [0.15, 0.2) is 0 Å². The molecule has 0 fully saturated rings. The molecule has 0 bridgehead atoms. The van der Waals surface area contributed by atoms with E-state index in [1.165, 1.54) is 30.3 Å². The molecule has 134 valence electrons. The summed E-state index contributed by atoms with van der Waals surface area (Å²) < 4.78 is 84.1. The van der Waals surface area contributed by atoms with Crippen molar-refractivity contribution in [1.29, 1.82) is 0 Å². The van der Waals surface area contributed by atoms with E-state index >= 15 is 0 Å². The van der Waals surface area contributed by atoms with Gasteiger partial charge in [-0.15, -0.1) is 0 Å². The van der Waals surface area contributed by atoms with Crippen molar-refractivity contribution in [3.8, 4) is 5.75 Å². The van der Waals surface area contributed by atoms with Crippen LogP contribution in [0.1, 0.15) is 11.1 Å². The molecule has 2 aromatic rings. The molecule has 0 saturated carbocycles. The molecule has 2 nitrogen and oxygen atoms in total. The number of alkyl halides is 6. The fraction of sp³-hybridized carbons (Fsp3) is 0.250. The maximum atomic E-state index is 13.2. The molecule has 0 aliphatic heterocycles. The van der Waals surface area contributed by atoms with E-state index in [1.807, 2.05) is 0 Å². The summed E-state index contributed by atoms with van der Waals surface area (Å²) in [5, 5.41) is 0. The molecule has 0 heterocycles. The van der Waals surface area contributed by atoms with Gasteiger partial charge in [0.25, 0.3) is 0 Å². The first-order chi connectivity index (χ1) is 11.6. The van der Waals surface area contributed by atoms with Crippen LogP contribution in [0.15, 0.2) is 48.5 Å². The molecule has 2 N–H and O–H groups in total. The molecule has 0 aliphatic rings. The maximum Gasteiger partial charge on any atom is 0.419 e. The minimum absolute atomic E-state index is 0.0506. The van der Waals surface area contributed by atoms with Gasteiger partial charge in [0.1, 0.15) is 5.75 Å². The number of benzene rings is 2. The lowest BCUT2D eigenvalue weighted by atomic mass is 9.56. The first kappa shape index (κ1) is 19.2. The molecule has 0 unspecified atom stereocenters. The van der Waals surface area contributed by atoms with Crippen LogP contribution in [0.3, 0.4) is 0 Å². The Labute approximate surface area is 140 Å². The predicted octanol–water partition coefficient (Wildman–Crippen LogP) is 3.96. The van der Waals surface area contributed by atoms with Crippen LogP contribution in [0.5, 0.6) is 5.75 Å². The van der Waals surface area contributed by atoms with Crippen molar-refractivity contribution in [3.63, 3.8) is 0 Å². The van der Waals surface area contributed by atoms with Crippen molar-refractivity contribution in [3.05, 3.63) is 59.7 Å². The van der Waals surface area contributed by atoms with Gasteiger partial charge in [0, 0.05) is 0 Å². The van der Waals surface area contributed by atoms with Crippen LogP contribution in [0, 0.1) is 0 Å². The Kier molecular flexibility index (Phi) is 5.67. The quantitative estimate of drug-likeness (QED) is 0.647. The third-order valence-corrected chi connectivity index (χ3v) is 3.50. The number of hydrogen-bond acceptors (Lipinski definition) is 2. The Balaban J connectivity index is 2.46. The van der Waals surface area contributed by atoms with Gasteiger partial charge in [-0.2, -0.15) is 26.3 Å². The first-order valence-corrected chi connectivity index (χ1v) is 7.33. The zero-order chi connectivity index (χ0) is 18.7. The SMILES string of the molecule is NCCB(Oc1ccccc1C(F)(F)F)c1ccccc1C(F)(F)F. The van der Waals surface area contributed by atoms with E-state index < -0.39 is 36.1 Å². The Morgan fingerprint density at radius 1 is 0.800 bits per heavy atom. The summed E-state index contributed by atoms with van der Waals surface area (Å²) in [4.78, 5) is 0. The smallest absolute Gasteiger partial charge is 0.419 e. The van der Waals surface area contributed by atoms with Gasteiger partial charge in [-0.3, -0.25) is 0 Å². The third kappa shape index (κ3) is 4.69. The molecule has 0 amide bonds. The van der Waals surface area contributed by atoms with E-state index in [4.69, 9.17) is 10.4 Å². The van der Waals surface area contributed by atoms with Crippen molar-refractivity contribution in [2.24, 2.45) is 5.73 Å². The topological polar surface area (TPSA) is 35.2 Å². The lowest BCUT2D eigenvalue weighted by Gasteiger charge is -2.22. The van der Waals surface area contributed by atoms with Gasteiger partial charge in [0.05, 0.1) is 11.1 Å². The van der Waals surface area contributed by atoms with Gasteiger partial charge in [-0.1, -0.05) is 36.4 Å². The van der Waals surface area contributed by atoms with Gasteiger partial charge >= 0.3 is 19.3 Å². The maximum absolute atomic E-state index is 13.2. The molecular weight excluding hydrogens is 347 g/mol. The second kappa shape index (κ2) is 7.39. The van der Waals surface area contributed by atoms with Crippen LogP contribution in [0.2, 0.25) is 6.32 Å². The van der Waals surface area contributed by atoms with Crippen LogP contribution in [-0.2, 0) is 12.4 Å². The Morgan fingerprint density at radius 3 is 1.88 bits per heavy atom. The Bertz CT molecular complexity index is 716. The fourth-order valence-corrected chi connectivity index (χ4v) is 2.42. The van der Waals surface area contributed by atoms with E-state index in [0.29, 0.717) is 0 Å². The molecule has 0 spiro atoms. The van der Waals surface area contributed by atoms with Crippen LogP contribution >= 0.6 is 0 Å². The predicted molar refractivity (Wildman–Crippen MR) is 82.8 cm³/mol. The standard InChI is InChI=1S/C16H14BF6NO/c18-15(19,20)11-5-1-3-7-13(11)17(9-10-24)25-14-8-4-2-6-12(14)16(21,22)23/h1-8H,9-10,24H2. The average Bonchev–Trinajstić information content (AvgIpc) is 2.53. The number of para-hydroxylation sites is 1. The highest BCUT2D eigenvalue weighted by Gasteiger charge is 2.39. The second-order valence-electron chi connectivity index (χ2n) is 5.26. The lowest BCUT2D eigenvalue weighted by molar-refractivity contribution is -0.139. The van der Waals surface area contributed by atoms with Gasteiger partial charge in [-0.05, 0) is 30.5 Å². The van der Waals surface area contributed by atoms with Crippen molar-refractivity contribution in [2.45, 2.75) is 18.7 Å². The summed E-state index contributed by atoms with van der Waals surface area (Å²) in [6.07, 6.45) is -9.41. The van der Waals surface area contributed by atoms with Gasteiger partial charge < -0.3 is 10.4 Å². The summed E-state index contributed by atoms with van der Waals surface area (Å²) >= 11 is 0. The molecule has 2 rings (SSSR count). The lowest BCUT2D eigenvalue weighted by Crippen LogP contribution is -2.42. The molecule has 2 aromatic carbocycles. The normalized spacial score (nSPS) is 12.1. The van der Waals surface area contributed by atoms with E-state index in [-0.39, 0.29) is 18.3 Å². The molecular formula is C16H14BF6NO. The number of rotatable bonds is 5. The van der Waals surface area contributed by atoms with Crippen LogP contribution < -0.4 is 15.9 Å². The Morgan fingerprint density at radius 2 is 1.32 bits per heavy atom. The van der Waals surface area contributed by atoms with Crippen molar-refractivity contribution in [2.75, 3.05) is 6.54 Å². The van der Waals surface area contributed by atoms with Crippen LogP contribution in [0.4, 0.5) is 26.3 Å². The van der Waals surface area contributed by atoms with Gasteiger partial charge in [0.2, 0.25) is 0 Å².